The highest BCUT2D eigenvalue weighted by molar-refractivity contribution is 5.80. The van der Waals surface area contributed by atoms with Gasteiger partial charge in [0, 0.05) is 43.1 Å². The second kappa shape index (κ2) is 13.3. The molecule has 43 heavy (non-hydrogen) atoms. The van der Waals surface area contributed by atoms with Crippen molar-refractivity contribution in [1.82, 2.24) is 24.8 Å². The third kappa shape index (κ3) is 7.47. The van der Waals surface area contributed by atoms with Crippen LogP contribution < -0.4 is 16.0 Å². The Hall–Kier alpha value is -3.66. The molecule has 4 N–H and O–H groups in total. The lowest BCUT2D eigenvalue weighted by molar-refractivity contribution is 0.0357. The number of pyridine rings is 1. The van der Waals surface area contributed by atoms with Crippen molar-refractivity contribution in [1.29, 1.82) is 0 Å². The number of nitrogens with one attached hydrogen (secondary N) is 3. The van der Waals surface area contributed by atoms with Crippen molar-refractivity contribution in [3.63, 3.8) is 0 Å². The van der Waals surface area contributed by atoms with Crippen molar-refractivity contribution in [2.45, 2.75) is 65.2 Å². The molecule has 9 heteroatoms. The molecule has 2 unspecified atom stereocenters. The third-order valence-electron chi connectivity index (χ3n) is 8.65. The highest BCUT2D eigenvalue weighted by Gasteiger charge is 2.25. The van der Waals surface area contributed by atoms with Crippen molar-refractivity contribution in [2.75, 3.05) is 50.0 Å². The van der Waals surface area contributed by atoms with Crippen LogP contribution in [0.3, 0.4) is 0 Å². The highest BCUT2D eigenvalue weighted by Crippen LogP contribution is 2.27. The molecule has 4 heterocycles. The molecule has 0 radical (unpaired) electrons. The van der Waals surface area contributed by atoms with Gasteiger partial charge >= 0.3 is 0 Å². The molecule has 2 saturated heterocycles. The zero-order valence-electron chi connectivity index (χ0n) is 25.7. The number of nitrogens with zero attached hydrogens (tertiary/aromatic N) is 4. The lowest BCUT2D eigenvalue weighted by atomic mass is 9.97. The number of morpholine rings is 1. The molecule has 0 spiro atoms. The van der Waals surface area contributed by atoms with Gasteiger partial charge in [-0.25, -0.2) is 4.98 Å². The quantitative estimate of drug-likeness (QED) is 0.208. The van der Waals surface area contributed by atoms with Gasteiger partial charge in [-0.05, 0) is 106 Å². The van der Waals surface area contributed by atoms with Crippen molar-refractivity contribution < 1.29 is 9.84 Å². The summed E-state index contributed by atoms with van der Waals surface area (Å²) in [4.78, 5) is 12.2. The van der Waals surface area contributed by atoms with Crippen molar-refractivity contribution in [3.8, 4) is 5.75 Å². The van der Waals surface area contributed by atoms with E-state index < -0.39 is 0 Å². The second-order valence-corrected chi connectivity index (χ2v) is 12.3. The molecular weight excluding hydrogens is 538 g/mol. The Morgan fingerprint density at radius 3 is 2.63 bits per heavy atom. The van der Waals surface area contributed by atoms with Gasteiger partial charge in [-0.15, -0.1) is 0 Å². The van der Waals surface area contributed by atoms with Gasteiger partial charge in [0.25, 0.3) is 0 Å². The van der Waals surface area contributed by atoms with Crippen LogP contribution in [0.5, 0.6) is 5.75 Å². The maximum absolute atomic E-state index is 10.7. The predicted molar refractivity (Wildman–Crippen MR) is 173 cm³/mol. The zero-order valence-corrected chi connectivity index (χ0v) is 25.7. The van der Waals surface area contributed by atoms with Gasteiger partial charge in [-0.2, -0.15) is 0 Å². The predicted octanol–water partition coefficient (Wildman–Crippen LogP) is 4.98. The number of piperidine rings is 1. The Labute approximate surface area is 254 Å². The van der Waals surface area contributed by atoms with Crippen LogP contribution in [0.1, 0.15) is 47.3 Å². The first kappa shape index (κ1) is 29.4. The Morgan fingerprint density at radius 2 is 1.81 bits per heavy atom. The molecule has 9 nitrogen and oxygen atoms in total. The molecule has 2 fully saturated rings. The van der Waals surface area contributed by atoms with E-state index in [-0.39, 0.29) is 5.75 Å². The summed E-state index contributed by atoms with van der Waals surface area (Å²) in [6, 6.07) is 17.4. The molecule has 2 atom stereocenters. The fraction of sp³-hybridized carbons (Fsp3) is 0.471. The molecule has 228 valence electrons. The molecule has 0 amide bonds. The summed E-state index contributed by atoms with van der Waals surface area (Å²) in [7, 11) is 0. The van der Waals surface area contributed by atoms with Crippen LogP contribution in [0.25, 0.3) is 11.0 Å². The van der Waals surface area contributed by atoms with Gasteiger partial charge in [0.05, 0.1) is 30.8 Å². The third-order valence-corrected chi connectivity index (χ3v) is 8.65. The fourth-order valence-corrected chi connectivity index (χ4v) is 6.40. The summed E-state index contributed by atoms with van der Waals surface area (Å²) in [6.07, 6.45) is 3.22. The normalized spacial score (nSPS) is 19.5. The number of imidazole rings is 1. The average Bonchev–Trinajstić information content (AvgIpc) is 3.33. The summed E-state index contributed by atoms with van der Waals surface area (Å²) in [6.45, 7) is 13.2. The van der Waals surface area contributed by atoms with Gasteiger partial charge < -0.3 is 30.4 Å². The lowest BCUT2D eigenvalue weighted by Gasteiger charge is -2.33. The van der Waals surface area contributed by atoms with E-state index in [1.807, 2.05) is 13.0 Å². The smallest absolute Gasteiger partial charge is 0.204 e. The molecule has 2 aliphatic rings. The van der Waals surface area contributed by atoms with Crippen LogP contribution in [-0.2, 0) is 17.8 Å². The van der Waals surface area contributed by atoms with Gasteiger partial charge in [-0.1, -0.05) is 12.1 Å². The highest BCUT2D eigenvalue weighted by atomic mass is 16.5. The molecular formula is C34H45N7O2. The van der Waals surface area contributed by atoms with E-state index in [0.29, 0.717) is 30.9 Å². The maximum atomic E-state index is 10.7. The number of anilines is 2. The lowest BCUT2D eigenvalue weighted by Crippen LogP contribution is -2.46. The van der Waals surface area contributed by atoms with Crippen molar-refractivity contribution >= 4 is 22.7 Å². The Kier molecular flexibility index (Phi) is 9.11. The van der Waals surface area contributed by atoms with E-state index in [0.717, 1.165) is 87.0 Å². The van der Waals surface area contributed by atoms with E-state index in [1.54, 1.807) is 6.07 Å². The number of hydrogen-bond acceptors (Lipinski definition) is 8. The average molecular weight is 584 g/mol. The molecule has 0 aliphatic carbocycles. The first-order valence-electron chi connectivity index (χ1n) is 15.7. The molecule has 6 rings (SSSR count). The second-order valence-electron chi connectivity index (χ2n) is 12.3. The van der Waals surface area contributed by atoms with Crippen LogP contribution in [0.4, 0.5) is 11.6 Å². The van der Waals surface area contributed by atoms with Crippen molar-refractivity contribution in [3.05, 3.63) is 76.6 Å². The SMILES string of the molecule is Cc1cc(C)cc(NCc2ccc3nc(NC4CCNC(CCN5CCOCC5)C4)n(Cc4nc(C)ccc4O)c3c2)c1. The molecule has 0 bridgehead atoms. The molecule has 0 saturated carbocycles. The van der Waals surface area contributed by atoms with Crippen LogP contribution in [0, 0.1) is 20.8 Å². The first-order chi connectivity index (χ1) is 20.9. The Morgan fingerprint density at radius 1 is 1.00 bits per heavy atom. The minimum atomic E-state index is 0.205. The number of aromatic nitrogens is 3. The Balaban J connectivity index is 1.23. The number of aryl methyl sites for hydroxylation is 3. The van der Waals surface area contributed by atoms with E-state index in [2.05, 4.69) is 80.6 Å². The first-order valence-corrected chi connectivity index (χ1v) is 15.7. The molecule has 2 aliphatic heterocycles. The van der Waals surface area contributed by atoms with Gasteiger partial charge in [0.2, 0.25) is 5.95 Å². The van der Waals surface area contributed by atoms with E-state index in [1.165, 1.54) is 16.7 Å². The summed E-state index contributed by atoms with van der Waals surface area (Å²) >= 11 is 0. The summed E-state index contributed by atoms with van der Waals surface area (Å²) in [5.41, 5.74) is 8.28. The van der Waals surface area contributed by atoms with Crippen LogP contribution in [0.2, 0.25) is 0 Å². The Bertz CT molecular complexity index is 1530. The number of rotatable bonds is 10. The molecule has 2 aromatic carbocycles. The van der Waals surface area contributed by atoms with Gasteiger partial charge in [0.15, 0.2) is 0 Å². The summed E-state index contributed by atoms with van der Waals surface area (Å²) in [5, 5.41) is 21.8. The number of aromatic hydroxyl groups is 1. The maximum Gasteiger partial charge on any atom is 0.204 e. The topological polar surface area (TPSA) is 99.5 Å². The van der Waals surface area contributed by atoms with Gasteiger partial charge in [0.1, 0.15) is 11.4 Å². The van der Waals surface area contributed by atoms with Crippen LogP contribution >= 0.6 is 0 Å². The number of fused-ring (bicyclic) bond motifs is 1. The number of benzene rings is 2. The largest absolute Gasteiger partial charge is 0.506 e. The van der Waals surface area contributed by atoms with E-state index in [4.69, 9.17) is 9.72 Å². The number of ether oxygens (including phenoxy) is 1. The minimum Gasteiger partial charge on any atom is -0.506 e. The standard InChI is InChI=1S/C34H45N7O2/c1-23-16-24(2)18-29(17-23)36-21-26-5-6-30-32(19-26)41(22-31-33(42)7-4-25(3)37-31)34(39-30)38-28-8-10-35-27(20-28)9-11-40-12-14-43-15-13-40/h4-7,16-19,27-28,35-36,42H,8-15,20-22H2,1-3H3,(H,38,39). The zero-order chi connectivity index (χ0) is 29.8. The molecule has 4 aromatic rings. The van der Waals surface area contributed by atoms with Crippen molar-refractivity contribution in [2.24, 2.45) is 0 Å². The molecule has 2 aromatic heterocycles. The summed E-state index contributed by atoms with van der Waals surface area (Å²) in [5.74, 6) is 1.03. The number of hydrogen-bond donors (Lipinski definition) is 4. The fourth-order valence-electron chi connectivity index (χ4n) is 6.40. The van der Waals surface area contributed by atoms with E-state index >= 15 is 0 Å². The minimum absolute atomic E-state index is 0.205. The van der Waals surface area contributed by atoms with Gasteiger partial charge in [-0.3, -0.25) is 9.88 Å². The van der Waals surface area contributed by atoms with Crippen LogP contribution in [0.15, 0.2) is 48.5 Å². The monoisotopic (exact) mass is 583 g/mol. The van der Waals surface area contributed by atoms with E-state index in [9.17, 15) is 5.11 Å². The van der Waals surface area contributed by atoms with Crippen LogP contribution in [-0.4, -0.2) is 76.0 Å². The summed E-state index contributed by atoms with van der Waals surface area (Å²) < 4.78 is 7.70.